The lowest BCUT2D eigenvalue weighted by Gasteiger charge is -2.15. The molecule has 122 valence electrons. The monoisotopic (exact) mass is 447 g/mol. The van der Waals surface area contributed by atoms with Crippen LogP contribution in [0.4, 0.5) is 0 Å². The summed E-state index contributed by atoms with van der Waals surface area (Å²) >= 11 is 2.29. The van der Waals surface area contributed by atoms with Crippen molar-refractivity contribution >= 4 is 32.3 Å². The van der Waals surface area contributed by atoms with E-state index in [1.54, 1.807) is 0 Å². The van der Waals surface area contributed by atoms with Gasteiger partial charge in [-0.1, -0.05) is 48.5 Å². The summed E-state index contributed by atoms with van der Waals surface area (Å²) in [6, 6.07) is 27.1. The molecule has 0 heterocycles. The molecule has 2 nitrogen and oxygen atoms in total. The Balaban J connectivity index is 2.17. The van der Waals surface area contributed by atoms with E-state index in [0.717, 1.165) is 18.9 Å². The van der Waals surface area contributed by atoms with E-state index in [4.69, 9.17) is 4.36 Å². The Kier molecular flexibility index (Phi) is 5.36. The van der Waals surface area contributed by atoms with Gasteiger partial charge in [-0.3, -0.25) is 0 Å². The predicted octanol–water partition coefficient (Wildman–Crippen LogP) is 5.94. The van der Waals surface area contributed by atoms with Crippen molar-refractivity contribution in [2.75, 3.05) is 0 Å². The molecule has 0 radical (unpaired) electrons. The van der Waals surface area contributed by atoms with E-state index in [9.17, 15) is 4.21 Å². The molecule has 3 rings (SSSR count). The van der Waals surface area contributed by atoms with Crippen LogP contribution in [0.3, 0.4) is 0 Å². The number of rotatable bonds is 4. The van der Waals surface area contributed by atoms with Gasteiger partial charge in [-0.2, -0.15) is 0 Å². The summed E-state index contributed by atoms with van der Waals surface area (Å²) in [6.45, 7) is 2.00. The van der Waals surface area contributed by atoms with Crippen molar-refractivity contribution in [3.8, 4) is 0 Å². The van der Waals surface area contributed by atoms with Crippen LogP contribution in [0.25, 0.3) is 0 Å². The predicted molar refractivity (Wildman–Crippen MR) is 108 cm³/mol. The van der Waals surface area contributed by atoms with Crippen molar-refractivity contribution in [3.05, 3.63) is 94.1 Å². The van der Waals surface area contributed by atoms with Crippen LogP contribution in [0, 0.1) is 3.57 Å². The van der Waals surface area contributed by atoms with Gasteiger partial charge in [0.25, 0.3) is 0 Å². The Morgan fingerprint density at radius 1 is 0.833 bits per heavy atom. The van der Waals surface area contributed by atoms with Crippen LogP contribution in [-0.2, 0) is 9.73 Å². The molecule has 24 heavy (non-hydrogen) atoms. The van der Waals surface area contributed by atoms with Crippen molar-refractivity contribution in [2.24, 2.45) is 4.36 Å². The topological polar surface area (TPSA) is 29.4 Å². The van der Waals surface area contributed by atoms with Gasteiger partial charge in [0.05, 0.1) is 15.8 Å². The molecule has 0 aliphatic rings. The molecule has 0 spiro atoms. The highest BCUT2D eigenvalue weighted by atomic mass is 127. The quantitative estimate of drug-likeness (QED) is 0.456. The summed E-state index contributed by atoms with van der Waals surface area (Å²) < 4.78 is 19.8. The molecular formula is C20H18INOS. The highest BCUT2D eigenvalue weighted by Crippen LogP contribution is 2.29. The Labute approximate surface area is 157 Å². The molecule has 3 aromatic rings. The number of hydrogen-bond donors (Lipinski definition) is 0. The van der Waals surface area contributed by atoms with E-state index < -0.39 is 9.73 Å². The van der Waals surface area contributed by atoms with E-state index in [1.807, 2.05) is 85.8 Å². The van der Waals surface area contributed by atoms with E-state index in [-0.39, 0.29) is 6.04 Å². The molecule has 0 amide bonds. The molecule has 0 aliphatic heterocycles. The lowest BCUT2D eigenvalue weighted by molar-refractivity contribution is 0.669. The normalized spacial score (nSPS) is 12.6. The van der Waals surface area contributed by atoms with Gasteiger partial charge in [0.1, 0.15) is 9.73 Å². The molecule has 0 fully saturated rings. The Bertz CT molecular complexity index is 887. The van der Waals surface area contributed by atoms with Crippen LogP contribution < -0.4 is 0 Å². The van der Waals surface area contributed by atoms with Crippen LogP contribution in [0.2, 0.25) is 0 Å². The van der Waals surface area contributed by atoms with E-state index in [1.165, 1.54) is 0 Å². The highest BCUT2D eigenvalue weighted by Gasteiger charge is 2.17. The molecule has 0 aromatic heterocycles. The lowest BCUT2D eigenvalue weighted by atomic mass is 10.1. The molecule has 0 saturated carbocycles. The minimum atomic E-state index is -2.68. The van der Waals surface area contributed by atoms with Gasteiger partial charge < -0.3 is 0 Å². The second-order valence-corrected chi connectivity index (χ2v) is 8.94. The maximum Gasteiger partial charge on any atom is 0.104 e. The number of hydrogen-bond acceptors (Lipinski definition) is 2. The first-order valence-corrected chi connectivity index (χ1v) is 10.3. The van der Waals surface area contributed by atoms with Gasteiger partial charge in [-0.25, -0.2) is 8.57 Å². The minimum Gasteiger partial charge on any atom is -0.240 e. The molecule has 1 atom stereocenters. The molecule has 4 heteroatoms. The standard InChI is InChI=1S/C20H18INOS/c1-16(17-9-8-10-18(21)15-17)22-24(23,19-11-4-2-5-12-19)20-13-6-3-7-14-20/h2-16H,1H3/t16-/m0/s1. The van der Waals surface area contributed by atoms with Gasteiger partial charge in [0, 0.05) is 3.57 Å². The third kappa shape index (κ3) is 3.70. The second-order valence-electron chi connectivity index (χ2n) is 5.49. The summed E-state index contributed by atoms with van der Waals surface area (Å²) in [4.78, 5) is 1.49. The van der Waals surface area contributed by atoms with E-state index in [2.05, 4.69) is 28.7 Å². The molecule has 0 unspecified atom stereocenters. The number of nitrogens with zero attached hydrogens (tertiary/aromatic N) is 1. The summed E-state index contributed by atoms with van der Waals surface area (Å²) in [6.07, 6.45) is 0. The zero-order valence-electron chi connectivity index (χ0n) is 13.3. The van der Waals surface area contributed by atoms with Crippen LogP contribution in [0.1, 0.15) is 18.5 Å². The Morgan fingerprint density at radius 2 is 1.38 bits per heavy atom. The summed E-state index contributed by atoms with van der Waals surface area (Å²) in [7, 11) is -2.68. The largest absolute Gasteiger partial charge is 0.240 e. The fourth-order valence-corrected chi connectivity index (χ4v) is 5.22. The van der Waals surface area contributed by atoms with Gasteiger partial charge in [-0.15, -0.1) is 0 Å². The second kappa shape index (κ2) is 7.49. The molecule has 0 aliphatic carbocycles. The molecule has 0 N–H and O–H groups in total. The minimum absolute atomic E-state index is 0.160. The molecule has 0 bridgehead atoms. The molecular weight excluding hydrogens is 429 g/mol. The maximum atomic E-state index is 13.9. The number of benzene rings is 3. The summed E-state index contributed by atoms with van der Waals surface area (Å²) in [5.74, 6) is 0. The molecule has 3 aromatic carbocycles. The fraction of sp³-hybridized carbons (Fsp3) is 0.100. The number of halogens is 1. The van der Waals surface area contributed by atoms with Gasteiger partial charge >= 0.3 is 0 Å². The van der Waals surface area contributed by atoms with Crippen molar-refractivity contribution in [2.45, 2.75) is 22.8 Å². The van der Waals surface area contributed by atoms with Crippen molar-refractivity contribution in [3.63, 3.8) is 0 Å². The van der Waals surface area contributed by atoms with Crippen LogP contribution in [0.15, 0.2) is 99.1 Å². The van der Waals surface area contributed by atoms with Crippen molar-refractivity contribution in [1.29, 1.82) is 0 Å². The third-order valence-corrected chi connectivity index (χ3v) is 6.87. The van der Waals surface area contributed by atoms with Gasteiger partial charge in [-0.05, 0) is 71.5 Å². The average Bonchev–Trinajstić information content (AvgIpc) is 2.63. The Hall–Kier alpha value is -1.66. The first-order chi connectivity index (χ1) is 11.6. The van der Waals surface area contributed by atoms with Crippen LogP contribution >= 0.6 is 22.6 Å². The Morgan fingerprint density at radius 3 is 1.88 bits per heavy atom. The van der Waals surface area contributed by atoms with E-state index >= 15 is 0 Å². The zero-order chi connectivity index (χ0) is 17.0. The van der Waals surface area contributed by atoms with Crippen molar-refractivity contribution < 1.29 is 4.21 Å². The smallest absolute Gasteiger partial charge is 0.104 e. The fourth-order valence-electron chi connectivity index (χ4n) is 2.52. The SMILES string of the molecule is C[C@H](N=S(=O)(c1ccccc1)c1ccccc1)c1cccc(I)c1. The van der Waals surface area contributed by atoms with Gasteiger partial charge in [0.2, 0.25) is 0 Å². The van der Waals surface area contributed by atoms with Crippen LogP contribution in [-0.4, -0.2) is 4.21 Å². The zero-order valence-corrected chi connectivity index (χ0v) is 16.3. The van der Waals surface area contributed by atoms with E-state index in [0.29, 0.717) is 0 Å². The highest BCUT2D eigenvalue weighted by molar-refractivity contribution is 14.1. The summed E-state index contributed by atoms with van der Waals surface area (Å²) in [5, 5.41) is 0. The first kappa shape index (κ1) is 17.2. The van der Waals surface area contributed by atoms with Gasteiger partial charge in [0.15, 0.2) is 0 Å². The molecule has 0 saturated heterocycles. The maximum absolute atomic E-state index is 13.9. The van der Waals surface area contributed by atoms with Crippen LogP contribution in [0.5, 0.6) is 0 Å². The van der Waals surface area contributed by atoms with Crippen molar-refractivity contribution in [1.82, 2.24) is 0 Å². The average molecular weight is 447 g/mol. The summed E-state index contributed by atoms with van der Waals surface area (Å²) in [5.41, 5.74) is 1.07. The third-order valence-electron chi connectivity index (χ3n) is 3.76. The first-order valence-electron chi connectivity index (χ1n) is 7.71. The lowest BCUT2D eigenvalue weighted by Crippen LogP contribution is -2.04.